The standard InChI is InChI=1S/C23H29F3N4O2/c24-23(25,26)17-6-4-16(5-7-17)22-12-18(22)13-28(15-22)8-3-11-30-14-19(20(31)27-21(30)32)29-9-1-2-10-29/h4,6-7,14,16,18H,1-3,5,8-13,15H2,(H,27,31,32)/t16-,18-,22+/m0/s1. The highest BCUT2D eigenvalue weighted by Crippen LogP contribution is 2.64. The molecule has 1 saturated carbocycles. The van der Waals surface area contributed by atoms with Crippen molar-refractivity contribution in [3.63, 3.8) is 0 Å². The average Bonchev–Trinajstić information content (AvgIpc) is 3.08. The maximum Gasteiger partial charge on any atom is 0.416 e. The van der Waals surface area contributed by atoms with E-state index in [-0.39, 0.29) is 22.6 Å². The second kappa shape index (κ2) is 7.93. The van der Waals surface area contributed by atoms with E-state index >= 15 is 0 Å². The molecule has 0 unspecified atom stereocenters. The van der Waals surface area contributed by atoms with Gasteiger partial charge in [-0.1, -0.05) is 18.2 Å². The minimum absolute atomic E-state index is 0.113. The van der Waals surface area contributed by atoms with Crippen molar-refractivity contribution in [1.82, 2.24) is 14.5 Å². The first kappa shape index (κ1) is 21.6. The fourth-order valence-electron chi connectivity index (χ4n) is 5.94. The summed E-state index contributed by atoms with van der Waals surface area (Å²) >= 11 is 0. The van der Waals surface area contributed by atoms with Crippen molar-refractivity contribution in [2.75, 3.05) is 37.6 Å². The Balaban J connectivity index is 1.16. The van der Waals surface area contributed by atoms with Crippen LogP contribution in [-0.2, 0) is 6.54 Å². The van der Waals surface area contributed by atoms with E-state index < -0.39 is 11.7 Å². The fourth-order valence-corrected chi connectivity index (χ4v) is 5.94. The second-order valence-electron chi connectivity index (χ2n) is 9.74. The van der Waals surface area contributed by atoms with Crippen LogP contribution in [0.25, 0.3) is 0 Å². The number of alkyl halides is 3. The van der Waals surface area contributed by atoms with Gasteiger partial charge >= 0.3 is 11.9 Å². The van der Waals surface area contributed by atoms with Gasteiger partial charge in [0.05, 0.1) is 5.57 Å². The summed E-state index contributed by atoms with van der Waals surface area (Å²) in [7, 11) is 0. The van der Waals surface area contributed by atoms with Gasteiger partial charge < -0.3 is 9.80 Å². The molecule has 0 bridgehead atoms. The Bertz CT molecular complexity index is 1050. The van der Waals surface area contributed by atoms with Crippen molar-refractivity contribution in [3.8, 4) is 0 Å². The monoisotopic (exact) mass is 450 g/mol. The number of rotatable bonds is 6. The average molecular weight is 451 g/mol. The Hall–Kier alpha value is -2.29. The van der Waals surface area contributed by atoms with Crippen LogP contribution in [-0.4, -0.2) is 53.4 Å². The number of aromatic nitrogens is 2. The molecular formula is C23H29F3N4O2. The molecule has 1 aromatic heterocycles. The summed E-state index contributed by atoms with van der Waals surface area (Å²) < 4.78 is 40.2. The number of likely N-dealkylation sites (tertiary alicyclic amines) is 1. The Labute approximate surface area is 184 Å². The normalized spacial score (nSPS) is 30.0. The first-order valence-electron chi connectivity index (χ1n) is 11.5. The lowest BCUT2D eigenvalue weighted by Crippen LogP contribution is -2.35. The number of aromatic amines is 1. The lowest BCUT2D eigenvalue weighted by molar-refractivity contribution is -0.0888. The van der Waals surface area contributed by atoms with Gasteiger partial charge in [0.1, 0.15) is 5.69 Å². The number of nitrogens with one attached hydrogen (secondary N) is 1. The molecule has 0 radical (unpaired) electrons. The van der Waals surface area contributed by atoms with Crippen LogP contribution >= 0.6 is 0 Å². The zero-order chi connectivity index (χ0) is 22.5. The molecule has 6 nitrogen and oxygen atoms in total. The molecule has 1 aromatic rings. The third-order valence-corrected chi connectivity index (χ3v) is 7.75. The Morgan fingerprint density at radius 3 is 2.62 bits per heavy atom. The van der Waals surface area contributed by atoms with Crippen LogP contribution in [0.15, 0.2) is 39.6 Å². The number of H-pyrrole nitrogens is 1. The van der Waals surface area contributed by atoms with Crippen LogP contribution in [0.5, 0.6) is 0 Å². The molecule has 4 aliphatic rings. The van der Waals surface area contributed by atoms with Gasteiger partial charge in [0.2, 0.25) is 0 Å². The number of allylic oxidation sites excluding steroid dienone is 4. The highest BCUT2D eigenvalue weighted by molar-refractivity contribution is 5.42. The lowest BCUT2D eigenvalue weighted by Gasteiger charge is -2.27. The van der Waals surface area contributed by atoms with E-state index in [4.69, 9.17) is 0 Å². The van der Waals surface area contributed by atoms with Gasteiger partial charge in [-0.15, -0.1) is 0 Å². The number of anilines is 1. The van der Waals surface area contributed by atoms with Gasteiger partial charge in [0.15, 0.2) is 0 Å². The number of nitrogens with zero attached hydrogens (tertiary/aromatic N) is 3. The van der Waals surface area contributed by atoms with E-state index in [2.05, 4.69) is 9.88 Å². The van der Waals surface area contributed by atoms with Crippen LogP contribution < -0.4 is 16.1 Å². The van der Waals surface area contributed by atoms with Crippen molar-refractivity contribution >= 4 is 5.69 Å². The zero-order valence-corrected chi connectivity index (χ0v) is 18.0. The second-order valence-corrected chi connectivity index (χ2v) is 9.74. The number of fused-ring (bicyclic) bond motifs is 1. The third-order valence-electron chi connectivity index (χ3n) is 7.75. The molecule has 5 rings (SSSR count). The molecule has 2 aliphatic heterocycles. The molecule has 9 heteroatoms. The molecule has 0 aromatic carbocycles. The van der Waals surface area contributed by atoms with Gasteiger partial charge in [-0.2, -0.15) is 13.2 Å². The van der Waals surface area contributed by atoms with Crippen molar-refractivity contribution < 1.29 is 13.2 Å². The van der Waals surface area contributed by atoms with Crippen molar-refractivity contribution in [1.29, 1.82) is 0 Å². The van der Waals surface area contributed by atoms with E-state index in [0.717, 1.165) is 58.4 Å². The highest BCUT2D eigenvalue weighted by Gasteiger charge is 2.62. The largest absolute Gasteiger partial charge is 0.416 e. The summed E-state index contributed by atoms with van der Waals surface area (Å²) in [6.07, 6.45) is 6.23. The molecule has 32 heavy (non-hydrogen) atoms. The molecule has 1 N–H and O–H groups in total. The molecule has 3 atom stereocenters. The van der Waals surface area contributed by atoms with Crippen LogP contribution in [0.2, 0.25) is 0 Å². The van der Waals surface area contributed by atoms with Crippen LogP contribution in [0.1, 0.15) is 32.1 Å². The van der Waals surface area contributed by atoms with Gasteiger partial charge in [-0.25, -0.2) is 4.79 Å². The fraction of sp³-hybridized carbons (Fsp3) is 0.652. The van der Waals surface area contributed by atoms with Crippen LogP contribution in [0.3, 0.4) is 0 Å². The number of halogens is 3. The number of aryl methyl sites for hydroxylation is 1. The smallest absolute Gasteiger partial charge is 0.366 e. The minimum Gasteiger partial charge on any atom is -0.366 e. The van der Waals surface area contributed by atoms with Gasteiger partial charge in [-0.3, -0.25) is 14.3 Å². The zero-order valence-electron chi connectivity index (χ0n) is 18.0. The third kappa shape index (κ3) is 3.95. The highest BCUT2D eigenvalue weighted by atomic mass is 19.4. The van der Waals surface area contributed by atoms with Gasteiger partial charge in [0, 0.05) is 38.9 Å². The molecular weight excluding hydrogens is 421 g/mol. The summed E-state index contributed by atoms with van der Waals surface area (Å²) in [5.41, 5.74) is -0.547. The summed E-state index contributed by atoms with van der Waals surface area (Å²) in [6, 6.07) is 0. The number of piperidine rings is 1. The lowest BCUT2D eigenvalue weighted by atomic mass is 9.82. The predicted octanol–water partition coefficient (Wildman–Crippen LogP) is 2.91. The van der Waals surface area contributed by atoms with Crippen molar-refractivity contribution in [2.45, 2.75) is 44.8 Å². The summed E-state index contributed by atoms with van der Waals surface area (Å²) in [4.78, 5) is 31.3. The predicted molar refractivity (Wildman–Crippen MR) is 116 cm³/mol. The Morgan fingerprint density at radius 1 is 1.16 bits per heavy atom. The summed E-state index contributed by atoms with van der Waals surface area (Å²) in [5, 5.41) is 0. The molecule has 3 heterocycles. The van der Waals surface area contributed by atoms with Crippen molar-refractivity contribution in [2.24, 2.45) is 17.3 Å². The van der Waals surface area contributed by atoms with Crippen LogP contribution in [0.4, 0.5) is 18.9 Å². The topological polar surface area (TPSA) is 61.3 Å². The van der Waals surface area contributed by atoms with E-state index in [0.29, 0.717) is 24.6 Å². The quantitative estimate of drug-likeness (QED) is 0.724. The number of hydrogen-bond acceptors (Lipinski definition) is 4. The van der Waals surface area contributed by atoms with E-state index in [9.17, 15) is 22.8 Å². The Morgan fingerprint density at radius 2 is 1.94 bits per heavy atom. The van der Waals surface area contributed by atoms with Crippen molar-refractivity contribution in [3.05, 3.63) is 50.8 Å². The molecule has 0 spiro atoms. The van der Waals surface area contributed by atoms with E-state index in [1.54, 1.807) is 16.8 Å². The summed E-state index contributed by atoms with van der Waals surface area (Å²) in [5.74, 6) is 0.726. The van der Waals surface area contributed by atoms with Gasteiger partial charge in [-0.05, 0) is 55.9 Å². The Kier molecular flexibility index (Phi) is 5.34. The van der Waals surface area contributed by atoms with Gasteiger partial charge in [0.25, 0.3) is 5.56 Å². The molecule has 2 saturated heterocycles. The maximum atomic E-state index is 12.9. The molecule has 174 valence electrons. The molecule has 3 fully saturated rings. The van der Waals surface area contributed by atoms with E-state index in [1.165, 1.54) is 12.2 Å². The molecule has 0 amide bonds. The maximum absolute atomic E-state index is 12.9. The first-order valence-corrected chi connectivity index (χ1v) is 11.5. The van der Waals surface area contributed by atoms with Crippen LogP contribution in [0, 0.1) is 17.3 Å². The SMILES string of the molecule is O=c1[nH]c(=O)n(CCCN2C[C@@H]3C[C@]3([C@H]3C=CC(C(F)(F)F)=CC3)C2)cc1N1CCCC1. The summed E-state index contributed by atoms with van der Waals surface area (Å²) in [6.45, 7) is 4.93. The molecule has 2 aliphatic carbocycles. The van der Waals surface area contributed by atoms with E-state index in [1.807, 2.05) is 4.90 Å². The minimum atomic E-state index is -4.27. The number of hydrogen-bond donors (Lipinski definition) is 1. The first-order chi connectivity index (χ1) is 15.3.